The van der Waals surface area contributed by atoms with Crippen LogP contribution in [-0.4, -0.2) is 38.8 Å². The van der Waals surface area contributed by atoms with Gasteiger partial charge in [-0.15, -0.1) is 0 Å². The molecule has 0 unspecified atom stereocenters. The van der Waals surface area contributed by atoms with Crippen LogP contribution in [0.2, 0.25) is 0 Å². The van der Waals surface area contributed by atoms with E-state index < -0.39 is 5.82 Å². The number of benzene rings is 1. The third-order valence-electron chi connectivity index (χ3n) is 4.88. The molecule has 0 bridgehead atoms. The molecule has 1 aliphatic heterocycles. The Morgan fingerprint density at radius 3 is 2.81 bits per heavy atom. The lowest BCUT2D eigenvalue weighted by Crippen LogP contribution is -2.38. The second kappa shape index (κ2) is 6.68. The average molecular weight is 418 g/mol. The number of hydrogen-bond acceptors (Lipinski definition) is 4. The molecule has 3 heterocycles. The molecule has 3 N–H and O–H groups in total. The average Bonchev–Trinajstić information content (AvgIpc) is 3.14. The molecule has 26 heavy (non-hydrogen) atoms. The van der Waals surface area contributed by atoms with Crippen molar-refractivity contribution >= 4 is 38.7 Å². The Kier molecular flexibility index (Phi) is 4.36. The van der Waals surface area contributed by atoms with Gasteiger partial charge in [-0.05, 0) is 58.5 Å². The van der Waals surface area contributed by atoms with Crippen LogP contribution in [0.5, 0.6) is 0 Å². The Morgan fingerprint density at radius 1 is 1.31 bits per heavy atom. The van der Waals surface area contributed by atoms with E-state index in [-0.39, 0.29) is 21.6 Å². The van der Waals surface area contributed by atoms with Crippen LogP contribution in [0.4, 0.5) is 10.1 Å². The zero-order chi connectivity index (χ0) is 18.3. The van der Waals surface area contributed by atoms with Crippen LogP contribution in [0, 0.1) is 5.82 Å². The lowest BCUT2D eigenvalue weighted by Gasteiger charge is -2.32. The normalized spacial score (nSPS) is 15.5. The number of nitrogen functional groups attached to an aromatic ring is 1. The smallest absolute Gasteiger partial charge is 0.254 e. The number of nitrogens with two attached hydrogens (primary N) is 1. The largest absolute Gasteiger partial charge is 0.398 e. The van der Waals surface area contributed by atoms with E-state index in [1.165, 1.54) is 12.1 Å². The minimum absolute atomic E-state index is 0.188. The van der Waals surface area contributed by atoms with Crippen LogP contribution < -0.4 is 5.73 Å². The van der Waals surface area contributed by atoms with E-state index in [9.17, 15) is 9.18 Å². The fraction of sp³-hybridized carbons (Fsp3) is 0.278. The molecule has 1 saturated heterocycles. The highest BCUT2D eigenvalue weighted by atomic mass is 79.9. The summed E-state index contributed by atoms with van der Waals surface area (Å²) in [6.07, 6.45) is 5.07. The number of nitrogens with one attached hydrogen (secondary N) is 1. The van der Waals surface area contributed by atoms with Gasteiger partial charge in [-0.25, -0.2) is 14.4 Å². The quantitative estimate of drug-likeness (QED) is 0.624. The standard InChI is InChI=1S/C18H17BrFN5O/c19-15-13(20)7-11(8-14(15)21)18(26)25-5-2-10(3-6-25)12-1-4-22-17-16(12)23-9-24-17/h1,4,7-10H,2-3,5-6,21H2,(H,22,23,24). The number of carbonyl (C=O) groups is 1. The Balaban J connectivity index is 1.50. The van der Waals surface area contributed by atoms with Crippen molar-refractivity contribution in [3.05, 3.63) is 52.1 Å². The molecule has 0 radical (unpaired) electrons. The zero-order valence-corrected chi connectivity index (χ0v) is 15.5. The molecule has 1 amide bonds. The summed E-state index contributed by atoms with van der Waals surface area (Å²) in [5.41, 5.74) is 9.08. The van der Waals surface area contributed by atoms with Crippen LogP contribution in [0.25, 0.3) is 11.2 Å². The van der Waals surface area contributed by atoms with Crippen LogP contribution >= 0.6 is 15.9 Å². The molecule has 1 fully saturated rings. The number of pyridine rings is 1. The maximum atomic E-state index is 13.9. The molecule has 0 atom stereocenters. The summed E-state index contributed by atoms with van der Waals surface area (Å²) in [6, 6.07) is 4.73. The third-order valence-corrected chi connectivity index (χ3v) is 5.71. The highest BCUT2D eigenvalue weighted by Crippen LogP contribution is 2.32. The summed E-state index contributed by atoms with van der Waals surface area (Å²) in [5, 5.41) is 0. The van der Waals surface area contributed by atoms with Gasteiger partial charge >= 0.3 is 0 Å². The summed E-state index contributed by atoms with van der Waals surface area (Å²) in [4.78, 5) is 26.1. The molecule has 2 aromatic heterocycles. The molecule has 1 aromatic carbocycles. The minimum atomic E-state index is -0.527. The number of anilines is 1. The summed E-state index contributed by atoms with van der Waals surface area (Å²) in [5.74, 6) is -0.401. The molecule has 134 valence electrons. The van der Waals surface area contributed by atoms with Gasteiger partial charge in [-0.2, -0.15) is 0 Å². The number of halogens is 2. The summed E-state index contributed by atoms with van der Waals surface area (Å²) >= 11 is 3.07. The van der Waals surface area contributed by atoms with Crippen molar-refractivity contribution in [2.45, 2.75) is 18.8 Å². The molecule has 3 aromatic rings. The molecule has 0 aliphatic carbocycles. The van der Waals surface area contributed by atoms with Crippen molar-refractivity contribution in [3.63, 3.8) is 0 Å². The molecule has 8 heteroatoms. The topological polar surface area (TPSA) is 87.9 Å². The molecular weight excluding hydrogens is 401 g/mol. The van der Waals surface area contributed by atoms with Crippen LogP contribution in [-0.2, 0) is 0 Å². The number of piperidine rings is 1. The Morgan fingerprint density at radius 2 is 2.08 bits per heavy atom. The van der Waals surface area contributed by atoms with Crippen molar-refractivity contribution in [2.24, 2.45) is 0 Å². The number of amides is 1. The lowest BCUT2D eigenvalue weighted by atomic mass is 9.89. The van der Waals surface area contributed by atoms with Gasteiger partial charge in [0.25, 0.3) is 5.91 Å². The van der Waals surface area contributed by atoms with Gasteiger partial charge < -0.3 is 15.6 Å². The number of hydrogen-bond donors (Lipinski definition) is 2. The number of likely N-dealkylation sites (tertiary alicyclic amines) is 1. The second-order valence-electron chi connectivity index (χ2n) is 6.43. The Bertz CT molecular complexity index is 958. The fourth-order valence-electron chi connectivity index (χ4n) is 3.51. The van der Waals surface area contributed by atoms with E-state index in [0.717, 1.165) is 29.6 Å². The van der Waals surface area contributed by atoms with Crippen molar-refractivity contribution in [2.75, 3.05) is 18.8 Å². The number of H-pyrrole nitrogens is 1. The first kappa shape index (κ1) is 17.0. The van der Waals surface area contributed by atoms with Gasteiger partial charge in [0.1, 0.15) is 11.3 Å². The van der Waals surface area contributed by atoms with Gasteiger partial charge in [0, 0.05) is 30.5 Å². The van der Waals surface area contributed by atoms with E-state index in [4.69, 9.17) is 5.73 Å². The van der Waals surface area contributed by atoms with E-state index in [2.05, 4.69) is 30.9 Å². The van der Waals surface area contributed by atoms with E-state index in [0.29, 0.717) is 19.0 Å². The van der Waals surface area contributed by atoms with Gasteiger partial charge in [0.2, 0.25) is 0 Å². The molecule has 0 saturated carbocycles. The lowest BCUT2D eigenvalue weighted by molar-refractivity contribution is 0.0713. The number of nitrogens with zero attached hydrogens (tertiary/aromatic N) is 3. The monoisotopic (exact) mass is 417 g/mol. The van der Waals surface area contributed by atoms with Crippen LogP contribution in [0.1, 0.15) is 34.7 Å². The number of carbonyl (C=O) groups excluding carboxylic acids is 1. The van der Waals surface area contributed by atoms with E-state index in [1.807, 2.05) is 6.07 Å². The number of aromatic nitrogens is 3. The molecule has 4 rings (SSSR count). The molecule has 0 spiro atoms. The number of fused-ring (bicyclic) bond motifs is 1. The van der Waals surface area contributed by atoms with Gasteiger partial charge in [-0.3, -0.25) is 4.79 Å². The summed E-state index contributed by atoms with van der Waals surface area (Å²) < 4.78 is 14.0. The molecule has 1 aliphatic rings. The second-order valence-corrected chi connectivity index (χ2v) is 7.22. The first-order chi connectivity index (χ1) is 12.5. The highest BCUT2D eigenvalue weighted by molar-refractivity contribution is 9.10. The van der Waals surface area contributed by atoms with Crippen LogP contribution in [0.3, 0.4) is 0 Å². The fourth-order valence-corrected chi connectivity index (χ4v) is 3.74. The summed E-state index contributed by atoms with van der Waals surface area (Å²) in [6.45, 7) is 1.21. The van der Waals surface area contributed by atoms with Gasteiger partial charge in [0.15, 0.2) is 5.65 Å². The first-order valence-electron chi connectivity index (χ1n) is 8.36. The van der Waals surface area contributed by atoms with E-state index >= 15 is 0 Å². The molecule has 6 nitrogen and oxygen atoms in total. The maximum Gasteiger partial charge on any atom is 0.254 e. The van der Waals surface area contributed by atoms with Crippen molar-refractivity contribution in [1.29, 1.82) is 0 Å². The van der Waals surface area contributed by atoms with Crippen molar-refractivity contribution in [3.8, 4) is 0 Å². The summed E-state index contributed by atoms with van der Waals surface area (Å²) in [7, 11) is 0. The maximum absolute atomic E-state index is 13.9. The highest BCUT2D eigenvalue weighted by Gasteiger charge is 2.27. The number of rotatable bonds is 2. The van der Waals surface area contributed by atoms with Crippen molar-refractivity contribution < 1.29 is 9.18 Å². The number of aromatic amines is 1. The molecular formula is C18H17BrFN5O. The van der Waals surface area contributed by atoms with Gasteiger partial charge in [0.05, 0.1) is 10.8 Å². The SMILES string of the molecule is Nc1cc(C(=O)N2CCC(c3ccnc4[nH]cnc34)CC2)cc(F)c1Br. The van der Waals surface area contributed by atoms with Crippen molar-refractivity contribution in [1.82, 2.24) is 19.9 Å². The predicted molar refractivity (Wildman–Crippen MR) is 100 cm³/mol. The Hall–Kier alpha value is -2.48. The predicted octanol–water partition coefficient (Wildman–Crippen LogP) is 3.46. The Labute approximate surface area is 157 Å². The van der Waals surface area contributed by atoms with Crippen LogP contribution in [0.15, 0.2) is 35.2 Å². The third kappa shape index (κ3) is 2.94. The van der Waals surface area contributed by atoms with Gasteiger partial charge in [-0.1, -0.05) is 0 Å². The van der Waals surface area contributed by atoms with E-state index in [1.54, 1.807) is 17.4 Å². The number of imidazole rings is 1. The first-order valence-corrected chi connectivity index (χ1v) is 9.15. The zero-order valence-electron chi connectivity index (χ0n) is 13.9. The minimum Gasteiger partial charge on any atom is -0.398 e.